The minimum atomic E-state index is -0.525. The van der Waals surface area contributed by atoms with Crippen molar-refractivity contribution >= 4 is 5.91 Å². The zero-order valence-corrected chi connectivity index (χ0v) is 8.44. The lowest BCUT2D eigenvalue weighted by atomic mass is 10.2. The second-order valence-corrected chi connectivity index (χ2v) is 3.08. The van der Waals surface area contributed by atoms with Crippen LogP contribution in [0.5, 0.6) is 0 Å². The minimum Gasteiger partial charge on any atom is -0.339 e. The molecular weight excluding hydrogens is 199 g/mol. The topological polar surface area (TPSA) is 55.6 Å². The molecule has 5 heteroatoms. The number of carbonyl (C=O) groups is 1. The number of amides is 1. The van der Waals surface area contributed by atoms with E-state index >= 15 is 0 Å². The highest BCUT2D eigenvalue weighted by Crippen LogP contribution is 2.08. The van der Waals surface area contributed by atoms with Crippen LogP contribution in [-0.2, 0) is 4.84 Å². The summed E-state index contributed by atoms with van der Waals surface area (Å²) in [5.74, 6) is 3.92. The van der Waals surface area contributed by atoms with E-state index in [-0.39, 0.29) is 18.1 Å². The van der Waals surface area contributed by atoms with Gasteiger partial charge in [-0.1, -0.05) is 12.1 Å². The standard InChI is InChI=1S/C10H13FN2O2/c1-13(6-7-15-12)10(14)8-4-2-3-5-9(8)11/h2-5H,6-7,12H2,1H3. The summed E-state index contributed by atoms with van der Waals surface area (Å²) < 4.78 is 13.2. The summed E-state index contributed by atoms with van der Waals surface area (Å²) in [6.07, 6.45) is 0. The molecule has 0 saturated heterocycles. The first-order chi connectivity index (χ1) is 7.16. The van der Waals surface area contributed by atoms with E-state index < -0.39 is 5.82 Å². The van der Waals surface area contributed by atoms with Crippen molar-refractivity contribution in [2.24, 2.45) is 5.90 Å². The van der Waals surface area contributed by atoms with Crippen molar-refractivity contribution in [3.63, 3.8) is 0 Å². The van der Waals surface area contributed by atoms with E-state index in [1.54, 1.807) is 13.1 Å². The number of hydrogen-bond acceptors (Lipinski definition) is 3. The summed E-state index contributed by atoms with van der Waals surface area (Å²) in [6.45, 7) is 0.542. The fourth-order valence-electron chi connectivity index (χ4n) is 1.13. The van der Waals surface area contributed by atoms with Gasteiger partial charge in [-0.05, 0) is 12.1 Å². The molecule has 1 rings (SSSR count). The third kappa shape index (κ3) is 3.00. The Hall–Kier alpha value is -1.46. The van der Waals surface area contributed by atoms with E-state index in [1.165, 1.54) is 23.1 Å². The molecule has 0 spiro atoms. The maximum absolute atomic E-state index is 13.2. The Bertz CT molecular complexity index is 344. The smallest absolute Gasteiger partial charge is 0.256 e. The van der Waals surface area contributed by atoms with Gasteiger partial charge in [0.05, 0.1) is 12.2 Å². The molecular formula is C10H13FN2O2. The van der Waals surface area contributed by atoms with E-state index in [2.05, 4.69) is 4.84 Å². The highest BCUT2D eigenvalue weighted by Gasteiger charge is 2.14. The van der Waals surface area contributed by atoms with Crippen molar-refractivity contribution in [1.82, 2.24) is 4.90 Å². The van der Waals surface area contributed by atoms with Gasteiger partial charge in [0, 0.05) is 13.6 Å². The Morgan fingerprint density at radius 1 is 1.53 bits per heavy atom. The first-order valence-corrected chi connectivity index (χ1v) is 4.48. The molecule has 0 heterocycles. The molecule has 0 unspecified atom stereocenters. The SMILES string of the molecule is CN(CCON)C(=O)c1ccccc1F. The first-order valence-electron chi connectivity index (χ1n) is 4.48. The van der Waals surface area contributed by atoms with Gasteiger partial charge >= 0.3 is 0 Å². The van der Waals surface area contributed by atoms with Gasteiger partial charge in [0.2, 0.25) is 0 Å². The summed E-state index contributed by atoms with van der Waals surface area (Å²) >= 11 is 0. The molecule has 1 amide bonds. The predicted molar refractivity (Wildman–Crippen MR) is 53.5 cm³/mol. The molecule has 4 nitrogen and oxygen atoms in total. The monoisotopic (exact) mass is 212 g/mol. The largest absolute Gasteiger partial charge is 0.339 e. The van der Waals surface area contributed by atoms with Crippen LogP contribution in [0.15, 0.2) is 24.3 Å². The molecule has 1 aromatic rings. The Kier molecular flexibility index (Phi) is 4.20. The van der Waals surface area contributed by atoms with Crippen molar-refractivity contribution in [1.29, 1.82) is 0 Å². The van der Waals surface area contributed by atoms with E-state index in [0.29, 0.717) is 6.54 Å². The third-order valence-corrected chi connectivity index (χ3v) is 2.00. The van der Waals surface area contributed by atoms with Gasteiger partial charge in [0.25, 0.3) is 5.91 Å². The van der Waals surface area contributed by atoms with E-state index in [9.17, 15) is 9.18 Å². The number of carbonyl (C=O) groups excluding carboxylic acids is 1. The molecule has 0 bridgehead atoms. The van der Waals surface area contributed by atoms with Crippen LogP contribution in [0.2, 0.25) is 0 Å². The van der Waals surface area contributed by atoms with Crippen molar-refractivity contribution in [3.8, 4) is 0 Å². The molecule has 0 fully saturated rings. The Morgan fingerprint density at radius 3 is 2.80 bits per heavy atom. The minimum absolute atomic E-state index is 0.0528. The molecule has 15 heavy (non-hydrogen) atoms. The highest BCUT2D eigenvalue weighted by molar-refractivity contribution is 5.94. The van der Waals surface area contributed by atoms with Gasteiger partial charge in [0.1, 0.15) is 5.82 Å². The van der Waals surface area contributed by atoms with Crippen molar-refractivity contribution in [2.75, 3.05) is 20.2 Å². The summed E-state index contributed by atoms with van der Waals surface area (Å²) in [7, 11) is 1.56. The van der Waals surface area contributed by atoms with Gasteiger partial charge < -0.3 is 9.74 Å². The van der Waals surface area contributed by atoms with Gasteiger partial charge in [-0.3, -0.25) is 4.79 Å². The average molecular weight is 212 g/mol. The lowest BCUT2D eigenvalue weighted by Crippen LogP contribution is -2.31. The lowest BCUT2D eigenvalue weighted by molar-refractivity contribution is 0.0693. The fraction of sp³-hybridized carbons (Fsp3) is 0.300. The summed E-state index contributed by atoms with van der Waals surface area (Å²) in [5, 5.41) is 0. The average Bonchev–Trinajstić information content (AvgIpc) is 2.25. The van der Waals surface area contributed by atoms with Crippen LogP contribution in [0.25, 0.3) is 0 Å². The molecule has 82 valence electrons. The molecule has 2 N–H and O–H groups in total. The first kappa shape index (κ1) is 11.6. The molecule has 0 aliphatic heterocycles. The number of nitrogens with zero attached hydrogens (tertiary/aromatic N) is 1. The summed E-state index contributed by atoms with van der Waals surface area (Å²) in [6, 6.07) is 5.84. The quantitative estimate of drug-likeness (QED) is 0.751. The Morgan fingerprint density at radius 2 is 2.20 bits per heavy atom. The van der Waals surface area contributed by atoms with Gasteiger partial charge in [-0.2, -0.15) is 0 Å². The predicted octanol–water partition coefficient (Wildman–Crippen LogP) is 0.788. The van der Waals surface area contributed by atoms with Gasteiger partial charge in [0.15, 0.2) is 0 Å². The Labute approximate surface area is 87.4 Å². The molecule has 0 atom stereocenters. The number of nitrogens with two attached hydrogens (primary N) is 1. The summed E-state index contributed by atoms with van der Waals surface area (Å²) in [5.41, 5.74) is 0.0528. The number of halogens is 1. The molecule has 0 saturated carbocycles. The maximum atomic E-state index is 13.2. The van der Waals surface area contributed by atoms with Crippen LogP contribution in [0.4, 0.5) is 4.39 Å². The molecule has 0 aromatic heterocycles. The van der Waals surface area contributed by atoms with Crippen LogP contribution in [0, 0.1) is 5.82 Å². The van der Waals surface area contributed by atoms with Crippen LogP contribution in [0.1, 0.15) is 10.4 Å². The Balaban J connectivity index is 2.72. The fourth-order valence-corrected chi connectivity index (χ4v) is 1.13. The van der Waals surface area contributed by atoms with Crippen LogP contribution >= 0.6 is 0 Å². The van der Waals surface area contributed by atoms with Crippen molar-refractivity contribution < 1.29 is 14.0 Å². The number of hydrogen-bond donors (Lipinski definition) is 1. The highest BCUT2D eigenvalue weighted by atomic mass is 19.1. The van der Waals surface area contributed by atoms with Crippen molar-refractivity contribution in [3.05, 3.63) is 35.6 Å². The zero-order chi connectivity index (χ0) is 11.3. The van der Waals surface area contributed by atoms with Crippen LogP contribution < -0.4 is 5.90 Å². The van der Waals surface area contributed by atoms with Crippen LogP contribution in [-0.4, -0.2) is 31.0 Å². The molecule has 0 aliphatic carbocycles. The summed E-state index contributed by atoms with van der Waals surface area (Å²) in [4.78, 5) is 17.4. The normalized spacial score (nSPS) is 10.1. The number of benzene rings is 1. The van der Waals surface area contributed by atoms with Gasteiger partial charge in [-0.15, -0.1) is 0 Å². The third-order valence-electron chi connectivity index (χ3n) is 2.00. The number of rotatable bonds is 4. The van der Waals surface area contributed by atoms with Crippen molar-refractivity contribution in [2.45, 2.75) is 0 Å². The number of likely N-dealkylation sites (N-methyl/N-ethyl adjacent to an activating group) is 1. The molecule has 1 aromatic carbocycles. The molecule has 0 radical (unpaired) electrons. The van der Waals surface area contributed by atoms with E-state index in [4.69, 9.17) is 5.90 Å². The van der Waals surface area contributed by atoms with Gasteiger partial charge in [-0.25, -0.2) is 10.3 Å². The lowest BCUT2D eigenvalue weighted by Gasteiger charge is -2.16. The van der Waals surface area contributed by atoms with E-state index in [1.807, 2.05) is 0 Å². The zero-order valence-electron chi connectivity index (χ0n) is 8.44. The van der Waals surface area contributed by atoms with Crippen LogP contribution in [0.3, 0.4) is 0 Å². The second kappa shape index (κ2) is 5.43. The molecule has 0 aliphatic rings. The second-order valence-electron chi connectivity index (χ2n) is 3.08. The van der Waals surface area contributed by atoms with E-state index in [0.717, 1.165) is 0 Å². The maximum Gasteiger partial charge on any atom is 0.256 e.